The molecule has 3 aromatic rings. The van der Waals surface area contributed by atoms with Crippen molar-refractivity contribution in [3.05, 3.63) is 56.9 Å². The third-order valence-corrected chi connectivity index (χ3v) is 9.07. The zero-order valence-electron chi connectivity index (χ0n) is 28.6. The number of aryl methyl sites for hydroxylation is 1. The first-order valence-electron chi connectivity index (χ1n) is 16.3. The molecule has 48 heavy (non-hydrogen) atoms. The summed E-state index contributed by atoms with van der Waals surface area (Å²) in [4.78, 5) is 71.4. The van der Waals surface area contributed by atoms with Crippen molar-refractivity contribution in [2.45, 2.75) is 111 Å². The molecule has 6 rings (SSSR count). The molecule has 12 nitrogen and oxygen atoms in total. The van der Waals surface area contributed by atoms with Gasteiger partial charge in [-0.1, -0.05) is 13.8 Å². The van der Waals surface area contributed by atoms with Crippen LogP contribution in [0.3, 0.4) is 0 Å². The summed E-state index contributed by atoms with van der Waals surface area (Å²) in [6, 6.07) is 6.98. The van der Waals surface area contributed by atoms with E-state index in [0.29, 0.717) is 41.9 Å². The standard InChI is InChI=1S/C36H41N3O9/c1-9-20-21-15-19(46-29(41)33(3,4)5)11-12-25(21)37-27-22(20)17-39-26(27)16-24-23(28(39)40)18-45-31(43)36(24,10-2)47-30(42)35(13-14-35)38-32(44)48-34(6,7)8/h11-12,15-16H,9-10,13-14,17-18H2,1-8H3,(H,38,44). The van der Waals surface area contributed by atoms with E-state index in [2.05, 4.69) is 5.32 Å². The number of benzene rings is 1. The van der Waals surface area contributed by atoms with Crippen LogP contribution in [-0.2, 0) is 53.8 Å². The number of alkyl carbamates (subject to hydrolysis) is 1. The first-order chi connectivity index (χ1) is 22.4. The molecule has 254 valence electrons. The Morgan fingerprint density at radius 1 is 1.02 bits per heavy atom. The minimum atomic E-state index is -1.91. The topological polar surface area (TPSA) is 152 Å². The number of carbonyl (C=O) groups is 4. The number of nitrogens with one attached hydrogen (secondary N) is 1. The molecular formula is C36H41N3O9. The maximum atomic E-state index is 14.1. The molecule has 3 aliphatic rings. The van der Waals surface area contributed by atoms with Gasteiger partial charge < -0.3 is 28.8 Å². The molecule has 1 unspecified atom stereocenters. The van der Waals surface area contributed by atoms with E-state index in [1.54, 1.807) is 77.3 Å². The van der Waals surface area contributed by atoms with E-state index in [4.69, 9.17) is 23.9 Å². The zero-order valence-corrected chi connectivity index (χ0v) is 28.6. The second-order valence-corrected chi connectivity index (χ2v) is 14.8. The van der Waals surface area contributed by atoms with Gasteiger partial charge in [0.15, 0.2) is 0 Å². The highest BCUT2D eigenvalue weighted by atomic mass is 16.6. The summed E-state index contributed by atoms with van der Waals surface area (Å²) < 4.78 is 24.1. The highest BCUT2D eigenvalue weighted by Crippen LogP contribution is 2.45. The molecule has 0 spiro atoms. The lowest BCUT2D eigenvalue weighted by Crippen LogP contribution is -2.52. The number of pyridine rings is 2. The molecule has 12 heteroatoms. The number of hydrogen-bond donors (Lipinski definition) is 1. The Hall–Kier alpha value is -4.74. The van der Waals surface area contributed by atoms with Crippen molar-refractivity contribution in [1.82, 2.24) is 14.9 Å². The minimum absolute atomic E-state index is 0.00966. The van der Waals surface area contributed by atoms with Crippen LogP contribution >= 0.6 is 0 Å². The van der Waals surface area contributed by atoms with Gasteiger partial charge in [0.2, 0.25) is 5.60 Å². The van der Waals surface area contributed by atoms with Crippen molar-refractivity contribution in [1.29, 1.82) is 0 Å². The van der Waals surface area contributed by atoms with Crippen LogP contribution in [0.15, 0.2) is 29.1 Å². The second kappa shape index (κ2) is 11.2. The molecule has 1 fully saturated rings. The number of fused-ring (bicyclic) bond motifs is 5. The average Bonchev–Trinajstić information content (AvgIpc) is 3.69. The molecule has 2 aromatic heterocycles. The van der Waals surface area contributed by atoms with E-state index in [9.17, 15) is 24.0 Å². The molecule has 0 bridgehead atoms. The monoisotopic (exact) mass is 659 g/mol. The van der Waals surface area contributed by atoms with Crippen LogP contribution in [0.25, 0.3) is 22.3 Å². The lowest BCUT2D eigenvalue weighted by Gasteiger charge is -2.36. The number of amides is 1. The second-order valence-electron chi connectivity index (χ2n) is 14.8. The predicted octanol–water partition coefficient (Wildman–Crippen LogP) is 5.20. The number of ether oxygens (including phenoxy) is 4. The van der Waals surface area contributed by atoms with E-state index >= 15 is 0 Å². The minimum Gasteiger partial charge on any atom is -0.457 e. The molecule has 4 heterocycles. The number of nitrogens with zero attached hydrogens (tertiary/aromatic N) is 2. The highest BCUT2D eigenvalue weighted by molar-refractivity contribution is 5.94. The molecule has 1 aliphatic carbocycles. The quantitative estimate of drug-likeness (QED) is 0.166. The Morgan fingerprint density at radius 2 is 1.73 bits per heavy atom. The smallest absolute Gasteiger partial charge is 0.408 e. The molecule has 1 N–H and O–H groups in total. The fourth-order valence-electron chi connectivity index (χ4n) is 6.29. The van der Waals surface area contributed by atoms with Crippen LogP contribution in [0.5, 0.6) is 5.75 Å². The van der Waals surface area contributed by atoms with Crippen LogP contribution in [-0.4, -0.2) is 44.7 Å². The zero-order chi connectivity index (χ0) is 35.0. The lowest BCUT2D eigenvalue weighted by molar-refractivity contribution is -0.191. The van der Waals surface area contributed by atoms with Crippen LogP contribution in [0.4, 0.5) is 4.79 Å². The van der Waals surface area contributed by atoms with Gasteiger partial charge in [-0.2, -0.15) is 0 Å². The third kappa shape index (κ3) is 5.50. The predicted molar refractivity (Wildman–Crippen MR) is 174 cm³/mol. The van der Waals surface area contributed by atoms with E-state index < -0.39 is 40.2 Å². The summed E-state index contributed by atoms with van der Waals surface area (Å²) in [6.45, 7) is 14.1. The fourth-order valence-corrected chi connectivity index (χ4v) is 6.29. The van der Waals surface area contributed by atoms with Crippen LogP contribution in [0, 0.1) is 5.41 Å². The Balaban J connectivity index is 1.41. The Bertz CT molecular complexity index is 1960. The van der Waals surface area contributed by atoms with E-state index in [0.717, 1.165) is 16.5 Å². The van der Waals surface area contributed by atoms with Gasteiger partial charge in [0.05, 0.1) is 34.4 Å². The van der Waals surface area contributed by atoms with Crippen molar-refractivity contribution >= 4 is 34.9 Å². The van der Waals surface area contributed by atoms with Gasteiger partial charge in [-0.3, -0.25) is 9.59 Å². The Morgan fingerprint density at radius 3 is 2.33 bits per heavy atom. The number of rotatable bonds is 6. The fraction of sp³-hybridized carbons (Fsp3) is 0.500. The summed E-state index contributed by atoms with van der Waals surface area (Å²) in [6.07, 6.45) is 0.448. The molecule has 0 saturated heterocycles. The molecule has 1 aromatic carbocycles. The number of aromatic nitrogens is 2. The highest BCUT2D eigenvalue weighted by Gasteiger charge is 2.58. The first-order valence-corrected chi connectivity index (χ1v) is 16.3. The number of hydrogen-bond acceptors (Lipinski definition) is 10. The molecule has 1 amide bonds. The number of cyclic esters (lactones) is 1. The Labute approximate surface area is 278 Å². The van der Waals surface area contributed by atoms with E-state index in [1.165, 1.54) is 0 Å². The molecule has 0 radical (unpaired) electrons. The van der Waals surface area contributed by atoms with Gasteiger partial charge in [0.25, 0.3) is 5.56 Å². The summed E-state index contributed by atoms with van der Waals surface area (Å²) in [5, 5.41) is 3.43. The van der Waals surface area contributed by atoms with Crippen molar-refractivity contribution in [3.8, 4) is 17.1 Å². The summed E-state index contributed by atoms with van der Waals surface area (Å²) >= 11 is 0. The van der Waals surface area contributed by atoms with Crippen LogP contribution < -0.4 is 15.6 Å². The third-order valence-electron chi connectivity index (χ3n) is 9.07. The molecule has 1 atom stereocenters. The van der Waals surface area contributed by atoms with Crippen molar-refractivity contribution < 1.29 is 38.1 Å². The SMILES string of the molecule is CCc1c2c(nc3ccc(OC(=O)C(C)(C)C)cc13)-c1cc3c(c(=O)n1C2)COC(=O)C3(CC)OC(=O)C1(NC(=O)OC(C)(C)C)CC1. The molecule has 2 aliphatic heterocycles. The Kier molecular flexibility index (Phi) is 7.72. The summed E-state index contributed by atoms with van der Waals surface area (Å²) in [5.74, 6) is -1.55. The lowest BCUT2D eigenvalue weighted by atomic mass is 9.85. The normalized spacial score (nSPS) is 19.0. The summed E-state index contributed by atoms with van der Waals surface area (Å²) in [7, 11) is 0. The van der Waals surface area contributed by atoms with Crippen molar-refractivity contribution in [2.24, 2.45) is 5.41 Å². The number of esters is 3. The largest absolute Gasteiger partial charge is 0.457 e. The van der Waals surface area contributed by atoms with Gasteiger partial charge >= 0.3 is 24.0 Å². The summed E-state index contributed by atoms with van der Waals surface area (Å²) in [5.41, 5.74) is -1.12. The van der Waals surface area contributed by atoms with Crippen LogP contribution in [0.1, 0.15) is 96.9 Å². The maximum absolute atomic E-state index is 14.1. The maximum Gasteiger partial charge on any atom is 0.408 e. The van der Waals surface area contributed by atoms with E-state index in [1.807, 2.05) is 6.92 Å². The molecule has 1 saturated carbocycles. The first kappa shape index (κ1) is 33.2. The average molecular weight is 660 g/mol. The van der Waals surface area contributed by atoms with Gasteiger partial charge in [-0.05, 0) is 97.1 Å². The van der Waals surface area contributed by atoms with Crippen molar-refractivity contribution in [3.63, 3.8) is 0 Å². The van der Waals surface area contributed by atoms with E-state index in [-0.39, 0.29) is 42.2 Å². The van der Waals surface area contributed by atoms with Gasteiger partial charge in [-0.15, -0.1) is 0 Å². The molecular weight excluding hydrogens is 618 g/mol. The van der Waals surface area contributed by atoms with Crippen LogP contribution in [0.2, 0.25) is 0 Å². The van der Waals surface area contributed by atoms with Gasteiger partial charge in [0, 0.05) is 16.5 Å². The van der Waals surface area contributed by atoms with Gasteiger partial charge in [-0.25, -0.2) is 19.4 Å². The van der Waals surface area contributed by atoms with Crippen molar-refractivity contribution in [2.75, 3.05) is 0 Å². The number of carbonyl (C=O) groups excluding carboxylic acids is 4. The van der Waals surface area contributed by atoms with Gasteiger partial charge in [0.1, 0.15) is 23.5 Å².